The van der Waals surface area contributed by atoms with Crippen LogP contribution in [0.15, 0.2) is 42.7 Å². The molecule has 0 radical (unpaired) electrons. The molecule has 21 heavy (non-hydrogen) atoms. The number of alkyl halides is 3. The molecule has 2 aromatic rings. The molecule has 5 nitrogen and oxygen atoms in total. The topological polar surface area (TPSA) is 80.0 Å². The maximum atomic E-state index is 12.9. The highest BCUT2D eigenvalue weighted by Crippen LogP contribution is 2.35. The number of nitrogens with two attached hydrogens (primary N) is 1. The van der Waals surface area contributed by atoms with E-state index in [1.807, 2.05) is 5.43 Å². The first-order valence-corrected chi connectivity index (χ1v) is 5.81. The highest BCUT2D eigenvalue weighted by atomic mass is 19.4. The zero-order valence-electron chi connectivity index (χ0n) is 10.6. The number of nitrogens with one attached hydrogen (secondary N) is 2. The van der Waals surface area contributed by atoms with E-state index in [1.165, 1.54) is 18.5 Å². The Labute approximate surface area is 118 Å². The van der Waals surface area contributed by atoms with Gasteiger partial charge in [-0.05, 0) is 30.3 Å². The molecule has 0 fully saturated rings. The lowest BCUT2D eigenvalue weighted by Gasteiger charge is -2.13. The number of carbonyl (C=O) groups excluding carboxylic acids is 1. The van der Waals surface area contributed by atoms with Gasteiger partial charge in [0.05, 0.1) is 23.1 Å². The number of aromatic nitrogens is 1. The van der Waals surface area contributed by atoms with E-state index in [4.69, 9.17) is 5.84 Å². The van der Waals surface area contributed by atoms with Gasteiger partial charge in [-0.25, -0.2) is 0 Å². The predicted octanol–water partition coefficient (Wildman–Crippen LogP) is 2.64. The molecule has 0 saturated heterocycles. The molecule has 8 heteroatoms. The third-order valence-corrected chi connectivity index (χ3v) is 2.66. The number of halogens is 3. The summed E-state index contributed by atoms with van der Waals surface area (Å²) in [7, 11) is 0. The Bertz CT molecular complexity index is 644. The second-order valence-corrected chi connectivity index (χ2v) is 4.10. The molecule has 0 unspecified atom stereocenters. The summed E-state index contributed by atoms with van der Waals surface area (Å²) in [6, 6.07) is 6.25. The number of hydrazine groups is 1. The minimum atomic E-state index is -4.62. The smallest absolute Gasteiger partial charge is 0.324 e. The average Bonchev–Trinajstić information content (AvgIpc) is 2.46. The van der Waals surface area contributed by atoms with E-state index >= 15 is 0 Å². The largest absolute Gasteiger partial charge is 0.418 e. The predicted molar refractivity (Wildman–Crippen MR) is 71.4 cm³/mol. The zero-order chi connectivity index (χ0) is 15.5. The van der Waals surface area contributed by atoms with Crippen molar-refractivity contribution in [1.29, 1.82) is 0 Å². The fourth-order valence-electron chi connectivity index (χ4n) is 1.69. The van der Waals surface area contributed by atoms with Gasteiger partial charge in [0.1, 0.15) is 0 Å². The molecule has 1 heterocycles. The number of pyridine rings is 1. The van der Waals surface area contributed by atoms with E-state index in [2.05, 4.69) is 10.3 Å². The Morgan fingerprint density at radius 2 is 2.00 bits per heavy atom. The van der Waals surface area contributed by atoms with Crippen molar-refractivity contribution >= 4 is 17.3 Å². The molecule has 0 saturated carbocycles. The van der Waals surface area contributed by atoms with E-state index in [-0.39, 0.29) is 11.3 Å². The third kappa shape index (κ3) is 3.48. The lowest BCUT2D eigenvalue weighted by atomic mass is 10.1. The lowest BCUT2D eigenvalue weighted by Crippen LogP contribution is -2.18. The molecule has 1 aromatic heterocycles. The van der Waals surface area contributed by atoms with Crippen molar-refractivity contribution in [2.45, 2.75) is 6.18 Å². The zero-order valence-corrected chi connectivity index (χ0v) is 10.6. The maximum Gasteiger partial charge on any atom is 0.418 e. The molecule has 110 valence electrons. The minimum Gasteiger partial charge on any atom is -0.324 e. The quantitative estimate of drug-likeness (QED) is 0.601. The van der Waals surface area contributed by atoms with Crippen molar-refractivity contribution in [2.75, 3.05) is 10.7 Å². The van der Waals surface area contributed by atoms with E-state index in [0.29, 0.717) is 5.69 Å². The SMILES string of the molecule is NNc1ccc(C(=O)Nc2cccnc2)cc1C(F)(F)F. The van der Waals surface area contributed by atoms with Crippen molar-refractivity contribution in [3.05, 3.63) is 53.9 Å². The summed E-state index contributed by atoms with van der Waals surface area (Å²) < 4.78 is 38.6. The summed E-state index contributed by atoms with van der Waals surface area (Å²) in [5.74, 6) is 4.37. The molecule has 4 N–H and O–H groups in total. The molecule has 0 spiro atoms. The number of rotatable bonds is 3. The molecule has 0 aliphatic carbocycles. The molecular formula is C13H11F3N4O. The summed E-state index contributed by atoms with van der Waals surface area (Å²) in [6.07, 6.45) is -1.72. The fourth-order valence-corrected chi connectivity index (χ4v) is 1.69. The second-order valence-electron chi connectivity index (χ2n) is 4.10. The Hall–Kier alpha value is -2.61. The Morgan fingerprint density at radius 1 is 1.24 bits per heavy atom. The van der Waals surface area contributed by atoms with Gasteiger partial charge in [0.15, 0.2) is 0 Å². The van der Waals surface area contributed by atoms with E-state index in [0.717, 1.165) is 12.1 Å². The van der Waals surface area contributed by atoms with Gasteiger partial charge in [0.2, 0.25) is 0 Å². The van der Waals surface area contributed by atoms with Crippen LogP contribution in [0.2, 0.25) is 0 Å². The molecule has 1 aromatic carbocycles. The van der Waals surface area contributed by atoms with Crippen LogP contribution in [-0.2, 0) is 6.18 Å². The Balaban J connectivity index is 2.30. The summed E-state index contributed by atoms with van der Waals surface area (Å²) in [5, 5.41) is 2.45. The first-order chi connectivity index (χ1) is 9.91. The van der Waals surface area contributed by atoms with Crippen molar-refractivity contribution < 1.29 is 18.0 Å². The highest BCUT2D eigenvalue weighted by Gasteiger charge is 2.34. The second kappa shape index (κ2) is 5.80. The fraction of sp³-hybridized carbons (Fsp3) is 0.0769. The van der Waals surface area contributed by atoms with Gasteiger partial charge in [0, 0.05) is 11.8 Å². The van der Waals surface area contributed by atoms with Crippen LogP contribution in [0.5, 0.6) is 0 Å². The van der Waals surface area contributed by atoms with Crippen LogP contribution in [0.1, 0.15) is 15.9 Å². The molecule has 0 bridgehead atoms. The van der Waals surface area contributed by atoms with Crippen LogP contribution >= 0.6 is 0 Å². The summed E-state index contributed by atoms with van der Waals surface area (Å²) in [5.41, 5.74) is 0.893. The molecule has 0 aliphatic rings. The highest BCUT2D eigenvalue weighted by molar-refractivity contribution is 6.04. The van der Waals surface area contributed by atoms with Gasteiger partial charge in [-0.3, -0.25) is 15.6 Å². The lowest BCUT2D eigenvalue weighted by molar-refractivity contribution is -0.137. The Morgan fingerprint density at radius 3 is 2.57 bits per heavy atom. The van der Waals surface area contributed by atoms with Crippen LogP contribution < -0.4 is 16.6 Å². The van der Waals surface area contributed by atoms with Crippen molar-refractivity contribution in [2.24, 2.45) is 5.84 Å². The summed E-state index contributed by atoms with van der Waals surface area (Å²) >= 11 is 0. The molecular weight excluding hydrogens is 285 g/mol. The van der Waals surface area contributed by atoms with Crippen molar-refractivity contribution in [1.82, 2.24) is 4.98 Å². The maximum absolute atomic E-state index is 12.9. The molecule has 1 amide bonds. The van der Waals surface area contributed by atoms with Crippen LogP contribution in [0.25, 0.3) is 0 Å². The van der Waals surface area contributed by atoms with Gasteiger partial charge < -0.3 is 10.7 Å². The Kier molecular flexibility index (Phi) is 4.08. The number of anilines is 2. The van der Waals surface area contributed by atoms with E-state index in [9.17, 15) is 18.0 Å². The van der Waals surface area contributed by atoms with Crippen LogP contribution in [0.3, 0.4) is 0 Å². The van der Waals surface area contributed by atoms with E-state index < -0.39 is 17.6 Å². The summed E-state index contributed by atoms with van der Waals surface area (Å²) in [4.78, 5) is 15.7. The standard InChI is InChI=1S/C13H11F3N4O/c14-13(15,16)10-6-8(3-4-11(10)20-17)12(21)19-9-2-1-5-18-7-9/h1-7,20H,17H2,(H,19,21). The van der Waals surface area contributed by atoms with Gasteiger partial charge in [-0.1, -0.05) is 0 Å². The van der Waals surface area contributed by atoms with Crippen LogP contribution in [-0.4, -0.2) is 10.9 Å². The van der Waals surface area contributed by atoms with Crippen molar-refractivity contribution in [3.63, 3.8) is 0 Å². The van der Waals surface area contributed by atoms with Crippen LogP contribution in [0.4, 0.5) is 24.5 Å². The molecule has 2 rings (SSSR count). The van der Waals surface area contributed by atoms with Gasteiger partial charge in [-0.15, -0.1) is 0 Å². The third-order valence-electron chi connectivity index (χ3n) is 2.66. The first kappa shape index (κ1) is 14.8. The molecule has 0 atom stereocenters. The number of amides is 1. The average molecular weight is 296 g/mol. The van der Waals surface area contributed by atoms with Crippen LogP contribution in [0, 0.1) is 0 Å². The minimum absolute atomic E-state index is 0.134. The number of nitrogens with zero attached hydrogens (tertiary/aromatic N) is 1. The monoisotopic (exact) mass is 296 g/mol. The normalized spacial score (nSPS) is 11.0. The molecule has 0 aliphatic heterocycles. The number of benzene rings is 1. The van der Waals surface area contributed by atoms with Gasteiger partial charge >= 0.3 is 6.18 Å². The van der Waals surface area contributed by atoms with Gasteiger partial charge in [-0.2, -0.15) is 13.2 Å². The number of carbonyl (C=O) groups is 1. The van der Waals surface area contributed by atoms with Crippen molar-refractivity contribution in [3.8, 4) is 0 Å². The number of nitrogen functional groups attached to an aromatic ring is 1. The van der Waals surface area contributed by atoms with Gasteiger partial charge in [0.25, 0.3) is 5.91 Å². The van der Waals surface area contributed by atoms with E-state index in [1.54, 1.807) is 12.1 Å². The number of hydrogen-bond acceptors (Lipinski definition) is 4. The number of hydrogen-bond donors (Lipinski definition) is 3. The summed E-state index contributed by atoms with van der Waals surface area (Å²) in [6.45, 7) is 0. The first-order valence-electron chi connectivity index (χ1n) is 5.81.